The summed E-state index contributed by atoms with van der Waals surface area (Å²) in [7, 11) is 0. The van der Waals surface area contributed by atoms with Crippen LogP contribution < -0.4 is 11.5 Å². The Morgan fingerprint density at radius 3 is 1.64 bits per heavy atom. The first-order valence-corrected chi connectivity index (χ1v) is 3.81. The van der Waals surface area contributed by atoms with Gasteiger partial charge in [-0.05, 0) is 26.0 Å². The molecule has 11 heavy (non-hydrogen) atoms. The Morgan fingerprint density at radius 2 is 1.45 bits per heavy atom. The first kappa shape index (κ1) is 8.30. The second kappa shape index (κ2) is 3.07. The summed E-state index contributed by atoms with van der Waals surface area (Å²) < 4.78 is 0. The summed E-state index contributed by atoms with van der Waals surface area (Å²) in [6.45, 7) is 3.88. The molecular formula is C8H15N3. The van der Waals surface area contributed by atoms with Crippen LogP contribution in [-0.2, 0) is 0 Å². The van der Waals surface area contributed by atoms with Crippen LogP contribution in [0.3, 0.4) is 0 Å². The van der Waals surface area contributed by atoms with Gasteiger partial charge < -0.3 is 16.5 Å². The molecule has 0 aliphatic rings. The molecular weight excluding hydrogens is 138 g/mol. The Labute approximate surface area is 66.8 Å². The molecule has 1 aromatic heterocycles. The molecule has 0 spiro atoms. The molecule has 2 atom stereocenters. The van der Waals surface area contributed by atoms with E-state index in [1.54, 1.807) is 0 Å². The van der Waals surface area contributed by atoms with E-state index in [4.69, 9.17) is 11.5 Å². The lowest BCUT2D eigenvalue weighted by Crippen LogP contribution is -2.08. The average molecular weight is 153 g/mol. The van der Waals surface area contributed by atoms with Crippen LogP contribution in [0.1, 0.15) is 37.3 Å². The lowest BCUT2D eigenvalue weighted by Gasteiger charge is -2.03. The summed E-state index contributed by atoms with van der Waals surface area (Å²) in [4.78, 5) is 3.16. The Balaban J connectivity index is 2.82. The van der Waals surface area contributed by atoms with Gasteiger partial charge in [-0.25, -0.2) is 0 Å². The molecule has 0 amide bonds. The van der Waals surface area contributed by atoms with E-state index >= 15 is 0 Å². The van der Waals surface area contributed by atoms with E-state index in [1.807, 2.05) is 26.0 Å². The van der Waals surface area contributed by atoms with Gasteiger partial charge in [0.15, 0.2) is 0 Å². The van der Waals surface area contributed by atoms with Crippen molar-refractivity contribution >= 4 is 0 Å². The number of nitrogens with two attached hydrogens (primary N) is 2. The summed E-state index contributed by atoms with van der Waals surface area (Å²) in [6, 6.07) is 4.07. The molecule has 62 valence electrons. The highest BCUT2D eigenvalue weighted by molar-refractivity contribution is 5.17. The van der Waals surface area contributed by atoms with Crippen molar-refractivity contribution in [2.24, 2.45) is 11.5 Å². The monoisotopic (exact) mass is 153 g/mol. The number of aromatic amines is 1. The van der Waals surface area contributed by atoms with Crippen molar-refractivity contribution in [2.45, 2.75) is 25.9 Å². The molecule has 0 aliphatic heterocycles. The van der Waals surface area contributed by atoms with Gasteiger partial charge in [-0.15, -0.1) is 0 Å². The maximum Gasteiger partial charge on any atom is 0.0419 e. The number of nitrogens with one attached hydrogen (secondary N) is 1. The number of hydrogen-bond donors (Lipinski definition) is 3. The first-order valence-electron chi connectivity index (χ1n) is 3.81. The zero-order valence-electron chi connectivity index (χ0n) is 6.96. The van der Waals surface area contributed by atoms with Gasteiger partial charge in [-0.1, -0.05) is 0 Å². The van der Waals surface area contributed by atoms with Crippen molar-refractivity contribution in [3.05, 3.63) is 23.5 Å². The molecule has 0 bridgehead atoms. The summed E-state index contributed by atoms with van der Waals surface area (Å²) in [5.74, 6) is 0. The third-order valence-corrected chi connectivity index (χ3v) is 1.71. The van der Waals surface area contributed by atoms with Gasteiger partial charge in [0.2, 0.25) is 0 Å². The first-order chi connectivity index (χ1) is 5.11. The van der Waals surface area contributed by atoms with Crippen molar-refractivity contribution in [3.63, 3.8) is 0 Å². The zero-order valence-corrected chi connectivity index (χ0v) is 6.96. The lowest BCUT2D eigenvalue weighted by atomic mass is 10.2. The minimum Gasteiger partial charge on any atom is -0.360 e. The van der Waals surface area contributed by atoms with Crippen LogP contribution in [0.15, 0.2) is 12.1 Å². The van der Waals surface area contributed by atoms with Crippen molar-refractivity contribution in [2.75, 3.05) is 0 Å². The van der Waals surface area contributed by atoms with Crippen molar-refractivity contribution < 1.29 is 0 Å². The predicted molar refractivity (Wildman–Crippen MR) is 46.0 cm³/mol. The molecule has 0 aliphatic carbocycles. The van der Waals surface area contributed by atoms with E-state index in [0.717, 1.165) is 11.4 Å². The topological polar surface area (TPSA) is 67.8 Å². The molecule has 1 heterocycles. The van der Waals surface area contributed by atoms with E-state index in [-0.39, 0.29) is 12.1 Å². The fourth-order valence-electron chi connectivity index (χ4n) is 0.961. The maximum atomic E-state index is 5.66. The molecule has 0 radical (unpaired) electrons. The van der Waals surface area contributed by atoms with Gasteiger partial charge >= 0.3 is 0 Å². The fourth-order valence-corrected chi connectivity index (χ4v) is 0.961. The summed E-state index contributed by atoms with van der Waals surface area (Å²) >= 11 is 0. The number of H-pyrrole nitrogens is 1. The van der Waals surface area contributed by atoms with Crippen molar-refractivity contribution in [3.8, 4) is 0 Å². The largest absolute Gasteiger partial charge is 0.360 e. The molecule has 2 unspecified atom stereocenters. The van der Waals surface area contributed by atoms with Crippen LogP contribution in [0, 0.1) is 0 Å². The molecule has 0 aromatic carbocycles. The SMILES string of the molecule is CC(N)c1ccc(C(C)N)[nH]1. The normalized spacial score (nSPS) is 16.4. The van der Waals surface area contributed by atoms with E-state index in [1.165, 1.54) is 0 Å². The van der Waals surface area contributed by atoms with Gasteiger partial charge in [0.05, 0.1) is 0 Å². The third kappa shape index (κ3) is 1.82. The van der Waals surface area contributed by atoms with Crippen LogP contribution in [0.4, 0.5) is 0 Å². The van der Waals surface area contributed by atoms with Gasteiger partial charge in [0, 0.05) is 23.5 Å². The van der Waals surface area contributed by atoms with Gasteiger partial charge in [-0.3, -0.25) is 0 Å². The lowest BCUT2D eigenvalue weighted by molar-refractivity contribution is 0.748. The quantitative estimate of drug-likeness (QED) is 0.594. The fraction of sp³-hybridized carbons (Fsp3) is 0.500. The standard InChI is InChI=1S/C8H15N3/c1-5(9)7-3-4-8(11-7)6(2)10/h3-6,11H,9-10H2,1-2H3. The number of rotatable bonds is 2. The number of hydrogen-bond acceptors (Lipinski definition) is 2. The molecule has 0 fully saturated rings. The Hall–Kier alpha value is -0.800. The van der Waals surface area contributed by atoms with E-state index < -0.39 is 0 Å². The summed E-state index contributed by atoms with van der Waals surface area (Å²) in [6.07, 6.45) is 0. The second-order valence-corrected chi connectivity index (χ2v) is 2.95. The smallest absolute Gasteiger partial charge is 0.0419 e. The molecule has 1 rings (SSSR count). The van der Waals surface area contributed by atoms with Crippen LogP contribution in [0.2, 0.25) is 0 Å². The van der Waals surface area contributed by atoms with Crippen LogP contribution in [0.25, 0.3) is 0 Å². The van der Waals surface area contributed by atoms with Gasteiger partial charge in [-0.2, -0.15) is 0 Å². The van der Waals surface area contributed by atoms with Crippen LogP contribution in [0.5, 0.6) is 0 Å². The van der Waals surface area contributed by atoms with Crippen LogP contribution >= 0.6 is 0 Å². The van der Waals surface area contributed by atoms with E-state index in [0.29, 0.717) is 0 Å². The molecule has 1 aromatic rings. The predicted octanol–water partition coefficient (Wildman–Crippen LogP) is 1.05. The highest BCUT2D eigenvalue weighted by Gasteiger charge is 2.04. The van der Waals surface area contributed by atoms with E-state index in [9.17, 15) is 0 Å². The molecule has 0 saturated heterocycles. The highest BCUT2D eigenvalue weighted by atomic mass is 14.8. The van der Waals surface area contributed by atoms with E-state index in [2.05, 4.69) is 4.98 Å². The van der Waals surface area contributed by atoms with Crippen LogP contribution in [-0.4, -0.2) is 4.98 Å². The Bertz CT molecular complexity index is 202. The zero-order chi connectivity index (χ0) is 8.43. The number of aromatic nitrogens is 1. The van der Waals surface area contributed by atoms with Crippen molar-refractivity contribution in [1.82, 2.24) is 4.98 Å². The van der Waals surface area contributed by atoms with Gasteiger partial charge in [0.1, 0.15) is 0 Å². The highest BCUT2D eigenvalue weighted by Crippen LogP contribution is 2.12. The minimum absolute atomic E-state index is 0.0579. The summed E-state index contributed by atoms with van der Waals surface area (Å²) in [5, 5.41) is 0. The summed E-state index contributed by atoms with van der Waals surface area (Å²) in [5.41, 5.74) is 13.4. The Morgan fingerprint density at radius 1 is 1.09 bits per heavy atom. The third-order valence-electron chi connectivity index (χ3n) is 1.71. The average Bonchev–Trinajstić information content (AvgIpc) is 2.33. The molecule has 0 saturated carbocycles. The van der Waals surface area contributed by atoms with Crippen molar-refractivity contribution in [1.29, 1.82) is 0 Å². The van der Waals surface area contributed by atoms with Gasteiger partial charge in [0.25, 0.3) is 0 Å². The molecule has 5 N–H and O–H groups in total. The molecule has 3 heteroatoms. The second-order valence-electron chi connectivity index (χ2n) is 2.95. The maximum absolute atomic E-state index is 5.66. The minimum atomic E-state index is 0.0579. The Kier molecular flexibility index (Phi) is 2.31. The molecule has 3 nitrogen and oxygen atoms in total.